The van der Waals surface area contributed by atoms with E-state index in [9.17, 15) is 0 Å². The van der Waals surface area contributed by atoms with Crippen LogP contribution in [-0.2, 0) is 0 Å². The van der Waals surface area contributed by atoms with Gasteiger partial charge in [-0.25, -0.2) is 0 Å². The van der Waals surface area contributed by atoms with E-state index in [1.165, 1.54) is 55.5 Å². The number of anilines is 2. The minimum Gasteiger partial charge on any atom is -0.344 e. The summed E-state index contributed by atoms with van der Waals surface area (Å²) in [4.78, 5) is 2.32. The molecule has 172 valence electrons. The highest BCUT2D eigenvalue weighted by Gasteiger charge is 2.16. The summed E-state index contributed by atoms with van der Waals surface area (Å²) in [6, 6.07) is 52.0. The van der Waals surface area contributed by atoms with Crippen molar-refractivity contribution in [3.05, 3.63) is 146 Å². The van der Waals surface area contributed by atoms with Crippen molar-refractivity contribution < 1.29 is 0 Å². The van der Waals surface area contributed by atoms with Gasteiger partial charge in [0.15, 0.2) is 0 Å². The van der Waals surface area contributed by atoms with E-state index >= 15 is 0 Å². The van der Waals surface area contributed by atoms with Crippen LogP contribution < -0.4 is 4.90 Å². The van der Waals surface area contributed by atoms with Crippen molar-refractivity contribution in [1.82, 2.24) is 0 Å². The molecule has 0 saturated carbocycles. The fraction of sp³-hybridized carbons (Fsp3) is 0.0286. The zero-order chi connectivity index (χ0) is 24.3. The van der Waals surface area contributed by atoms with Crippen molar-refractivity contribution in [2.75, 3.05) is 11.9 Å². The Labute approximate surface area is 212 Å². The van der Waals surface area contributed by atoms with E-state index in [-0.39, 0.29) is 0 Å². The minimum atomic E-state index is 1.17. The largest absolute Gasteiger partial charge is 0.344 e. The monoisotopic (exact) mass is 461 g/mol. The Bertz CT molecular complexity index is 1630. The third kappa shape index (κ3) is 4.16. The van der Waals surface area contributed by atoms with Crippen LogP contribution in [0.5, 0.6) is 0 Å². The van der Waals surface area contributed by atoms with Crippen molar-refractivity contribution in [2.45, 2.75) is 0 Å². The molecule has 0 aliphatic carbocycles. The van der Waals surface area contributed by atoms with Crippen LogP contribution in [0, 0.1) is 0 Å². The van der Waals surface area contributed by atoms with Crippen molar-refractivity contribution >= 4 is 22.1 Å². The van der Waals surface area contributed by atoms with Crippen LogP contribution in [0.3, 0.4) is 0 Å². The first-order valence-corrected chi connectivity index (χ1v) is 12.3. The van der Waals surface area contributed by atoms with Crippen LogP contribution in [0.4, 0.5) is 11.4 Å². The summed E-state index contributed by atoms with van der Waals surface area (Å²) < 4.78 is 0. The Balaban J connectivity index is 1.53. The summed E-state index contributed by atoms with van der Waals surface area (Å²) in [5.74, 6) is 0. The number of para-hydroxylation sites is 1. The second-order valence-electron chi connectivity index (χ2n) is 9.10. The van der Waals surface area contributed by atoms with Gasteiger partial charge >= 0.3 is 0 Å². The quantitative estimate of drug-likeness (QED) is 0.247. The van der Waals surface area contributed by atoms with Crippen molar-refractivity contribution in [1.29, 1.82) is 0 Å². The summed E-state index contributed by atoms with van der Waals surface area (Å²) >= 11 is 0. The molecule has 0 atom stereocenters. The third-order valence-electron chi connectivity index (χ3n) is 6.88. The molecular formula is C35H27N. The highest BCUT2D eigenvalue weighted by atomic mass is 15.1. The number of benzene rings is 6. The van der Waals surface area contributed by atoms with Crippen LogP contribution in [0.25, 0.3) is 44.2 Å². The molecule has 1 nitrogen and oxygen atoms in total. The normalized spacial score (nSPS) is 10.9. The van der Waals surface area contributed by atoms with E-state index in [0.29, 0.717) is 0 Å². The lowest BCUT2D eigenvalue weighted by molar-refractivity contribution is 1.21. The molecule has 0 aromatic heterocycles. The number of fused-ring (bicyclic) bond motifs is 1. The predicted molar refractivity (Wildman–Crippen MR) is 155 cm³/mol. The summed E-state index contributed by atoms with van der Waals surface area (Å²) in [6.45, 7) is 0. The van der Waals surface area contributed by atoms with Gasteiger partial charge in [-0.2, -0.15) is 0 Å². The molecule has 6 aromatic rings. The lowest BCUT2D eigenvalue weighted by atomic mass is 9.94. The van der Waals surface area contributed by atoms with Gasteiger partial charge in [-0.3, -0.25) is 0 Å². The zero-order valence-electron chi connectivity index (χ0n) is 20.3. The molecule has 0 amide bonds. The Morgan fingerprint density at radius 3 is 1.72 bits per heavy atom. The molecular weight excluding hydrogens is 434 g/mol. The molecule has 0 aliphatic heterocycles. The molecule has 0 saturated heterocycles. The van der Waals surface area contributed by atoms with Crippen LogP contribution in [-0.4, -0.2) is 7.05 Å². The zero-order valence-corrected chi connectivity index (χ0v) is 20.3. The second kappa shape index (κ2) is 9.56. The maximum absolute atomic E-state index is 2.33. The van der Waals surface area contributed by atoms with Crippen LogP contribution >= 0.6 is 0 Å². The van der Waals surface area contributed by atoms with E-state index in [1.54, 1.807) is 0 Å². The smallest absolute Gasteiger partial charge is 0.0488 e. The van der Waals surface area contributed by atoms with Gasteiger partial charge in [0, 0.05) is 29.5 Å². The fourth-order valence-corrected chi connectivity index (χ4v) is 4.98. The Morgan fingerprint density at radius 1 is 0.361 bits per heavy atom. The van der Waals surface area contributed by atoms with E-state index in [4.69, 9.17) is 0 Å². The molecule has 0 radical (unpaired) electrons. The Hall–Kier alpha value is -4.62. The summed E-state index contributed by atoms with van der Waals surface area (Å²) in [5, 5.41) is 2.50. The average molecular weight is 462 g/mol. The fourth-order valence-electron chi connectivity index (χ4n) is 4.98. The topological polar surface area (TPSA) is 3.24 Å². The predicted octanol–water partition coefficient (Wildman–Crippen LogP) is 9.61. The van der Waals surface area contributed by atoms with Crippen LogP contribution in [0.1, 0.15) is 0 Å². The first-order chi connectivity index (χ1) is 17.8. The van der Waals surface area contributed by atoms with Gasteiger partial charge in [-0.1, -0.05) is 121 Å². The van der Waals surface area contributed by atoms with Gasteiger partial charge in [0.05, 0.1) is 0 Å². The second-order valence-corrected chi connectivity index (χ2v) is 9.10. The van der Waals surface area contributed by atoms with Gasteiger partial charge in [0.1, 0.15) is 0 Å². The Kier molecular flexibility index (Phi) is 5.81. The summed E-state index contributed by atoms with van der Waals surface area (Å²) in [7, 11) is 2.17. The first kappa shape index (κ1) is 21.9. The summed E-state index contributed by atoms with van der Waals surface area (Å²) in [5.41, 5.74) is 9.65. The maximum atomic E-state index is 2.33. The van der Waals surface area contributed by atoms with Crippen molar-refractivity contribution in [3.8, 4) is 33.4 Å². The highest BCUT2D eigenvalue weighted by molar-refractivity contribution is 5.94. The molecule has 0 fully saturated rings. The molecule has 1 heteroatoms. The first-order valence-electron chi connectivity index (χ1n) is 12.3. The molecule has 0 heterocycles. The van der Waals surface area contributed by atoms with Crippen molar-refractivity contribution in [2.24, 2.45) is 0 Å². The van der Waals surface area contributed by atoms with E-state index in [1.807, 2.05) is 0 Å². The molecule has 0 unspecified atom stereocenters. The molecule has 0 bridgehead atoms. The molecule has 0 N–H and O–H groups in total. The lowest BCUT2D eigenvalue weighted by Crippen LogP contribution is -2.12. The average Bonchev–Trinajstić information content (AvgIpc) is 2.97. The van der Waals surface area contributed by atoms with E-state index in [2.05, 4.69) is 158 Å². The van der Waals surface area contributed by atoms with E-state index in [0.717, 1.165) is 0 Å². The standard InChI is InChI=1S/C35H27N/c1-36(34-19-11-10-18-32(34)28-15-6-3-7-16-28)35-23-22-30(26-12-4-2-5-13-26)25-33(35)31-21-20-27-14-8-9-17-29(27)24-31/h2-25H,1H3. The van der Waals surface area contributed by atoms with Gasteiger partial charge < -0.3 is 4.90 Å². The molecule has 36 heavy (non-hydrogen) atoms. The maximum Gasteiger partial charge on any atom is 0.0488 e. The number of hydrogen-bond donors (Lipinski definition) is 0. The van der Waals surface area contributed by atoms with Gasteiger partial charge in [-0.15, -0.1) is 0 Å². The minimum absolute atomic E-state index is 1.17. The van der Waals surface area contributed by atoms with Crippen molar-refractivity contribution in [3.63, 3.8) is 0 Å². The molecule has 6 rings (SSSR count). The molecule has 0 aliphatic rings. The number of hydrogen-bond acceptors (Lipinski definition) is 1. The van der Waals surface area contributed by atoms with Crippen LogP contribution in [0.2, 0.25) is 0 Å². The number of rotatable bonds is 5. The van der Waals surface area contributed by atoms with Gasteiger partial charge in [0.25, 0.3) is 0 Å². The lowest BCUT2D eigenvalue weighted by Gasteiger charge is -2.26. The SMILES string of the molecule is CN(c1ccccc1-c1ccccc1)c1ccc(-c2ccccc2)cc1-c1ccc2ccccc2c1. The van der Waals surface area contributed by atoms with Crippen LogP contribution in [0.15, 0.2) is 146 Å². The summed E-state index contributed by atoms with van der Waals surface area (Å²) in [6.07, 6.45) is 0. The Morgan fingerprint density at radius 2 is 0.944 bits per heavy atom. The van der Waals surface area contributed by atoms with E-state index < -0.39 is 0 Å². The molecule has 0 spiro atoms. The highest BCUT2D eigenvalue weighted by Crippen LogP contribution is 2.41. The third-order valence-corrected chi connectivity index (χ3v) is 6.88. The van der Waals surface area contributed by atoms with Gasteiger partial charge in [-0.05, 0) is 57.3 Å². The molecule has 6 aromatic carbocycles. The van der Waals surface area contributed by atoms with Gasteiger partial charge in [0.2, 0.25) is 0 Å². The number of nitrogens with zero attached hydrogens (tertiary/aromatic N) is 1.